The third-order valence-corrected chi connectivity index (χ3v) is 4.07. The average Bonchev–Trinajstić information content (AvgIpc) is 2.40. The highest BCUT2D eigenvalue weighted by Crippen LogP contribution is 2.27. The summed E-state index contributed by atoms with van der Waals surface area (Å²) in [5.74, 6) is 0.834. The van der Waals surface area contributed by atoms with Gasteiger partial charge in [-0.05, 0) is 67.8 Å². The quantitative estimate of drug-likeness (QED) is 0.501. The molecule has 0 saturated heterocycles. The van der Waals surface area contributed by atoms with E-state index in [9.17, 15) is 4.79 Å². The monoisotopic (exact) mass is 426 g/mol. The standard InChI is InChI=1S/C17H16Br2O3/c1-10-6-13(18)4-5-15(10)22-16(20)9-21-17-11(2)7-14(19)8-12(17)3/h4-8H,9H2,1-3H3. The molecule has 0 atom stereocenters. The lowest BCUT2D eigenvalue weighted by Crippen LogP contribution is -2.18. The van der Waals surface area contributed by atoms with Crippen molar-refractivity contribution < 1.29 is 14.3 Å². The third kappa shape index (κ3) is 4.34. The molecule has 0 amide bonds. The van der Waals surface area contributed by atoms with E-state index in [1.54, 1.807) is 6.07 Å². The Morgan fingerprint density at radius 2 is 1.55 bits per heavy atom. The molecular weight excluding hydrogens is 412 g/mol. The maximum absolute atomic E-state index is 11.9. The van der Waals surface area contributed by atoms with E-state index in [4.69, 9.17) is 9.47 Å². The Balaban J connectivity index is 2.02. The molecule has 22 heavy (non-hydrogen) atoms. The summed E-state index contributed by atoms with van der Waals surface area (Å²) in [4.78, 5) is 11.9. The van der Waals surface area contributed by atoms with Gasteiger partial charge in [0, 0.05) is 8.95 Å². The van der Waals surface area contributed by atoms with Gasteiger partial charge in [0.2, 0.25) is 0 Å². The Morgan fingerprint density at radius 3 is 2.14 bits per heavy atom. The van der Waals surface area contributed by atoms with Gasteiger partial charge in [0.15, 0.2) is 6.61 Å². The zero-order valence-corrected chi connectivity index (χ0v) is 15.7. The second-order valence-corrected chi connectivity index (χ2v) is 6.87. The minimum Gasteiger partial charge on any atom is -0.481 e. The normalized spacial score (nSPS) is 10.4. The lowest BCUT2D eigenvalue weighted by atomic mass is 10.1. The molecule has 0 aliphatic heterocycles. The van der Waals surface area contributed by atoms with Crippen molar-refractivity contribution in [1.82, 2.24) is 0 Å². The Bertz CT molecular complexity index is 688. The Kier molecular flexibility index (Phi) is 5.64. The minimum absolute atomic E-state index is 0.126. The average molecular weight is 428 g/mol. The van der Waals surface area contributed by atoms with Gasteiger partial charge in [0.05, 0.1) is 0 Å². The molecule has 0 saturated carbocycles. The van der Waals surface area contributed by atoms with Crippen molar-refractivity contribution in [1.29, 1.82) is 0 Å². The summed E-state index contributed by atoms with van der Waals surface area (Å²) in [6.07, 6.45) is 0. The molecule has 0 fully saturated rings. The van der Waals surface area contributed by atoms with Crippen LogP contribution in [-0.2, 0) is 4.79 Å². The van der Waals surface area contributed by atoms with E-state index in [1.165, 1.54) is 0 Å². The van der Waals surface area contributed by atoms with Crippen LogP contribution in [0.15, 0.2) is 39.3 Å². The number of carbonyl (C=O) groups is 1. The fraction of sp³-hybridized carbons (Fsp3) is 0.235. The van der Waals surface area contributed by atoms with Crippen molar-refractivity contribution in [2.45, 2.75) is 20.8 Å². The molecule has 0 aliphatic rings. The van der Waals surface area contributed by atoms with E-state index in [0.29, 0.717) is 11.5 Å². The van der Waals surface area contributed by atoms with Gasteiger partial charge in [-0.3, -0.25) is 0 Å². The van der Waals surface area contributed by atoms with Gasteiger partial charge in [0.25, 0.3) is 0 Å². The highest BCUT2D eigenvalue weighted by molar-refractivity contribution is 9.10. The summed E-state index contributed by atoms with van der Waals surface area (Å²) in [6.45, 7) is 5.64. The zero-order chi connectivity index (χ0) is 16.3. The van der Waals surface area contributed by atoms with Gasteiger partial charge in [0.1, 0.15) is 11.5 Å². The first-order valence-corrected chi connectivity index (χ1v) is 8.32. The molecule has 2 aromatic carbocycles. The highest BCUT2D eigenvalue weighted by atomic mass is 79.9. The van der Waals surface area contributed by atoms with E-state index in [1.807, 2.05) is 45.0 Å². The molecular formula is C17H16Br2O3. The summed E-state index contributed by atoms with van der Waals surface area (Å²) >= 11 is 6.81. The molecule has 2 rings (SSSR count). The number of rotatable bonds is 4. The SMILES string of the molecule is Cc1cc(Br)ccc1OC(=O)COc1c(C)cc(Br)cc1C. The molecule has 5 heteroatoms. The number of esters is 1. The number of halogens is 2. The van der Waals surface area contributed by atoms with Crippen molar-refractivity contribution in [3.8, 4) is 11.5 Å². The van der Waals surface area contributed by atoms with Gasteiger partial charge in [-0.25, -0.2) is 4.79 Å². The van der Waals surface area contributed by atoms with E-state index in [0.717, 1.165) is 25.6 Å². The largest absolute Gasteiger partial charge is 0.481 e. The number of benzene rings is 2. The molecule has 0 aliphatic carbocycles. The molecule has 116 valence electrons. The Hall–Kier alpha value is -1.33. The second-order valence-electron chi connectivity index (χ2n) is 5.04. The number of aryl methyl sites for hydroxylation is 3. The first-order chi connectivity index (χ1) is 10.4. The third-order valence-electron chi connectivity index (χ3n) is 3.12. The summed E-state index contributed by atoms with van der Waals surface area (Å²) in [5.41, 5.74) is 2.83. The van der Waals surface area contributed by atoms with Crippen molar-refractivity contribution >= 4 is 37.8 Å². The van der Waals surface area contributed by atoms with Crippen LogP contribution in [0.3, 0.4) is 0 Å². The van der Waals surface area contributed by atoms with Crippen LogP contribution in [0.2, 0.25) is 0 Å². The maximum atomic E-state index is 11.9. The first-order valence-electron chi connectivity index (χ1n) is 6.73. The van der Waals surface area contributed by atoms with E-state index < -0.39 is 5.97 Å². The fourth-order valence-electron chi connectivity index (χ4n) is 2.14. The predicted octanol–water partition coefficient (Wildman–Crippen LogP) is 5.12. The van der Waals surface area contributed by atoms with Gasteiger partial charge < -0.3 is 9.47 Å². The smallest absolute Gasteiger partial charge is 0.349 e. The van der Waals surface area contributed by atoms with Crippen molar-refractivity contribution in [3.05, 3.63) is 56.0 Å². The van der Waals surface area contributed by atoms with Crippen molar-refractivity contribution in [3.63, 3.8) is 0 Å². The Labute approximate surface area is 146 Å². The molecule has 2 aromatic rings. The van der Waals surface area contributed by atoms with Gasteiger partial charge in [-0.1, -0.05) is 31.9 Å². The lowest BCUT2D eigenvalue weighted by molar-refractivity contribution is -0.136. The maximum Gasteiger partial charge on any atom is 0.349 e. The van der Waals surface area contributed by atoms with Crippen LogP contribution in [0.5, 0.6) is 11.5 Å². The van der Waals surface area contributed by atoms with Crippen LogP contribution in [-0.4, -0.2) is 12.6 Å². The number of hydrogen-bond donors (Lipinski definition) is 0. The van der Waals surface area contributed by atoms with Crippen LogP contribution in [0.25, 0.3) is 0 Å². The van der Waals surface area contributed by atoms with Crippen molar-refractivity contribution in [2.75, 3.05) is 6.61 Å². The highest BCUT2D eigenvalue weighted by Gasteiger charge is 2.11. The topological polar surface area (TPSA) is 35.5 Å². The molecule has 0 aromatic heterocycles. The fourth-order valence-corrected chi connectivity index (χ4v) is 3.30. The molecule has 0 spiro atoms. The predicted molar refractivity (Wildman–Crippen MR) is 93.6 cm³/mol. The summed E-state index contributed by atoms with van der Waals surface area (Å²) in [6, 6.07) is 9.39. The molecule has 3 nitrogen and oxygen atoms in total. The summed E-state index contributed by atoms with van der Waals surface area (Å²) in [7, 11) is 0. The lowest BCUT2D eigenvalue weighted by Gasteiger charge is -2.13. The van der Waals surface area contributed by atoms with Crippen LogP contribution in [0.4, 0.5) is 0 Å². The van der Waals surface area contributed by atoms with E-state index >= 15 is 0 Å². The molecule has 0 heterocycles. The molecule has 0 bridgehead atoms. The van der Waals surface area contributed by atoms with Gasteiger partial charge >= 0.3 is 5.97 Å². The Morgan fingerprint density at radius 1 is 0.955 bits per heavy atom. The van der Waals surface area contributed by atoms with Crippen LogP contribution >= 0.6 is 31.9 Å². The second kappa shape index (κ2) is 7.29. The first kappa shape index (κ1) is 17.0. The number of ether oxygens (including phenoxy) is 2. The zero-order valence-electron chi connectivity index (χ0n) is 12.6. The van der Waals surface area contributed by atoms with Gasteiger partial charge in [-0.15, -0.1) is 0 Å². The summed E-state index contributed by atoms with van der Waals surface area (Å²) < 4.78 is 12.9. The molecule has 0 N–H and O–H groups in total. The minimum atomic E-state index is -0.424. The molecule has 0 unspecified atom stereocenters. The van der Waals surface area contributed by atoms with Crippen molar-refractivity contribution in [2.24, 2.45) is 0 Å². The van der Waals surface area contributed by atoms with E-state index in [-0.39, 0.29) is 6.61 Å². The van der Waals surface area contributed by atoms with E-state index in [2.05, 4.69) is 31.9 Å². The van der Waals surface area contributed by atoms with Crippen LogP contribution < -0.4 is 9.47 Å². The molecule has 0 radical (unpaired) electrons. The van der Waals surface area contributed by atoms with Crippen LogP contribution in [0.1, 0.15) is 16.7 Å². The summed E-state index contributed by atoms with van der Waals surface area (Å²) in [5, 5.41) is 0. The number of carbonyl (C=O) groups excluding carboxylic acids is 1. The van der Waals surface area contributed by atoms with Crippen LogP contribution in [0, 0.1) is 20.8 Å². The van der Waals surface area contributed by atoms with Gasteiger partial charge in [-0.2, -0.15) is 0 Å². The number of hydrogen-bond acceptors (Lipinski definition) is 3.